The summed E-state index contributed by atoms with van der Waals surface area (Å²) in [6, 6.07) is 5.99. The maximum absolute atomic E-state index is 13.4. The lowest BCUT2D eigenvalue weighted by Crippen LogP contribution is -2.55. The van der Waals surface area contributed by atoms with Crippen LogP contribution in [0, 0.1) is 5.92 Å². The number of carbonyl (C=O) groups is 1. The lowest BCUT2D eigenvalue weighted by atomic mass is 10.00. The fraction of sp³-hybridized carbons (Fsp3) is 0.526. The molecule has 5 nitrogen and oxygen atoms in total. The Balaban J connectivity index is 1.89. The van der Waals surface area contributed by atoms with Gasteiger partial charge in [0.05, 0.1) is 12.6 Å². The van der Waals surface area contributed by atoms with E-state index in [2.05, 4.69) is 42.5 Å². The zero-order chi connectivity index (χ0) is 17.1. The minimum Gasteiger partial charge on any atom is -0.373 e. The number of H-pyrrole nitrogens is 1. The van der Waals surface area contributed by atoms with Gasteiger partial charge in [-0.25, -0.2) is 0 Å². The van der Waals surface area contributed by atoms with Crippen molar-refractivity contribution in [2.45, 2.75) is 51.9 Å². The maximum Gasteiger partial charge on any atom is 0.247 e. The van der Waals surface area contributed by atoms with Crippen molar-refractivity contribution < 1.29 is 9.53 Å². The fourth-order valence-corrected chi connectivity index (χ4v) is 4.10. The van der Waals surface area contributed by atoms with Crippen molar-refractivity contribution in [1.29, 1.82) is 0 Å². The van der Waals surface area contributed by atoms with E-state index in [1.54, 1.807) is 0 Å². The van der Waals surface area contributed by atoms with Gasteiger partial charge >= 0.3 is 0 Å². The average Bonchev–Trinajstić information content (AvgIpc) is 3.06. The van der Waals surface area contributed by atoms with Crippen molar-refractivity contribution in [3.05, 3.63) is 30.0 Å². The van der Waals surface area contributed by atoms with Gasteiger partial charge in [0.15, 0.2) is 0 Å². The third-order valence-electron chi connectivity index (χ3n) is 5.30. The Morgan fingerprint density at radius 2 is 2.12 bits per heavy atom. The molecular formula is C19H25N3O2. The van der Waals surface area contributed by atoms with Gasteiger partial charge in [-0.1, -0.05) is 19.9 Å². The summed E-state index contributed by atoms with van der Waals surface area (Å²) in [5.41, 5.74) is 2.82. The predicted molar refractivity (Wildman–Crippen MR) is 94.9 cm³/mol. The number of nitrogens with zero attached hydrogens (tertiary/aromatic N) is 1. The van der Waals surface area contributed by atoms with Gasteiger partial charge < -0.3 is 19.9 Å². The van der Waals surface area contributed by atoms with Crippen molar-refractivity contribution in [2.75, 3.05) is 11.9 Å². The van der Waals surface area contributed by atoms with E-state index in [1.807, 2.05) is 24.8 Å². The number of fused-ring (bicyclic) bond motifs is 1. The number of carbonyl (C=O) groups excluding carboxylic acids is 1. The Labute approximate surface area is 142 Å². The smallest absolute Gasteiger partial charge is 0.247 e. The summed E-state index contributed by atoms with van der Waals surface area (Å²) in [6.45, 7) is 8.73. The number of aromatic amines is 1. The Bertz CT molecular complexity index is 793. The van der Waals surface area contributed by atoms with Crippen LogP contribution in [0.25, 0.3) is 10.9 Å². The maximum atomic E-state index is 13.4. The average molecular weight is 327 g/mol. The zero-order valence-corrected chi connectivity index (χ0v) is 14.7. The third kappa shape index (κ3) is 2.22. The van der Waals surface area contributed by atoms with E-state index >= 15 is 0 Å². The number of anilines is 1. The highest BCUT2D eigenvalue weighted by Gasteiger charge is 2.46. The van der Waals surface area contributed by atoms with Crippen molar-refractivity contribution in [3.63, 3.8) is 0 Å². The monoisotopic (exact) mass is 327 g/mol. The highest BCUT2D eigenvalue weighted by molar-refractivity contribution is 5.97. The number of nitrogens with one attached hydrogen (secondary N) is 2. The molecule has 1 aromatic carbocycles. The molecule has 4 rings (SSSR count). The van der Waals surface area contributed by atoms with Crippen LogP contribution in [0.1, 0.15) is 33.3 Å². The molecule has 2 atom stereocenters. The summed E-state index contributed by atoms with van der Waals surface area (Å²) >= 11 is 0. The largest absolute Gasteiger partial charge is 0.373 e. The highest BCUT2D eigenvalue weighted by Crippen LogP contribution is 2.36. The predicted octanol–water partition coefficient (Wildman–Crippen LogP) is 3.12. The van der Waals surface area contributed by atoms with E-state index in [9.17, 15) is 4.79 Å². The van der Waals surface area contributed by atoms with Crippen molar-refractivity contribution in [1.82, 2.24) is 9.88 Å². The highest BCUT2D eigenvalue weighted by atomic mass is 16.5. The number of aromatic nitrogens is 1. The minimum absolute atomic E-state index is 0.0701. The zero-order valence-electron chi connectivity index (χ0n) is 14.7. The molecule has 2 aliphatic rings. The molecule has 2 N–H and O–H groups in total. The van der Waals surface area contributed by atoms with E-state index in [-0.39, 0.29) is 23.9 Å². The summed E-state index contributed by atoms with van der Waals surface area (Å²) in [6.07, 6.45) is 2.87. The number of amides is 1. The number of rotatable bonds is 1. The molecule has 128 valence electrons. The molecular weight excluding hydrogens is 302 g/mol. The number of hydrogen-bond acceptors (Lipinski definition) is 3. The Morgan fingerprint density at radius 3 is 2.88 bits per heavy atom. The SMILES string of the molecule is CC(C)[C@H]1Nc2cccc3[nH]cc(c23)C[C@H]2COC(C)(C)N2C1=O. The first-order valence-corrected chi connectivity index (χ1v) is 8.71. The molecule has 1 saturated heterocycles. The van der Waals surface area contributed by atoms with Crippen LogP contribution in [0.4, 0.5) is 5.69 Å². The Hall–Kier alpha value is -2.01. The second kappa shape index (κ2) is 5.24. The lowest BCUT2D eigenvalue weighted by molar-refractivity contribution is -0.147. The van der Waals surface area contributed by atoms with Gasteiger partial charge in [-0.05, 0) is 43.9 Å². The van der Waals surface area contributed by atoms with Crippen LogP contribution in [0.5, 0.6) is 0 Å². The molecule has 2 aliphatic heterocycles. The summed E-state index contributed by atoms with van der Waals surface area (Å²) in [7, 11) is 0. The van der Waals surface area contributed by atoms with Gasteiger partial charge in [-0.3, -0.25) is 4.79 Å². The van der Waals surface area contributed by atoms with Crippen molar-refractivity contribution >= 4 is 22.5 Å². The molecule has 1 fully saturated rings. The topological polar surface area (TPSA) is 57.4 Å². The van der Waals surface area contributed by atoms with Crippen LogP contribution < -0.4 is 5.32 Å². The molecule has 1 aromatic heterocycles. The molecule has 5 heteroatoms. The molecule has 0 bridgehead atoms. The molecule has 0 saturated carbocycles. The molecule has 0 aliphatic carbocycles. The van der Waals surface area contributed by atoms with Gasteiger partial charge in [0.2, 0.25) is 5.91 Å². The fourth-order valence-electron chi connectivity index (χ4n) is 4.10. The van der Waals surface area contributed by atoms with Gasteiger partial charge in [0, 0.05) is 22.8 Å². The van der Waals surface area contributed by atoms with E-state index in [0.717, 1.165) is 17.6 Å². The molecule has 1 amide bonds. The molecule has 0 radical (unpaired) electrons. The number of hydrogen-bond donors (Lipinski definition) is 2. The molecule has 0 unspecified atom stereocenters. The summed E-state index contributed by atoms with van der Waals surface area (Å²) in [4.78, 5) is 18.7. The summed E-state index contributed by atoms with van der Waals surface area (Å²) in [5.74, 6) is 0.314. The van der Waals surface area contributed by atoms with Crippen LogP contribution in [0.15, 0.2) is 24.4 Å². The van der Waals surface area contributed by atoms with Gasteiger partial charge in [-0.2, -0.15) is 0 Å². The van der Waals surface area contributed by atoms with Crippen LogP contribution >= 0.6 is 0 Å². The quantitative estimate of drug-likeness (QED) is 0.846. The molecule has 0 spiro atoms. The van der Waals surface area contributed by atoms with E-state index in [0.29, 0.717) is 6.61 Å². The van der Waals surface area contributed by atoms with E-state index in [4.69, 9.17) is 4.74 Å². The molecule has 24 heavy (non-hydrogen) atoms. The Morgan fingerprint density at radius 1 is 1.33 bits per heavy atom. The van der Waals surface area contributed by atoms with Gasteiger partial charge in [0.1, 0.15) is 11.8 Å². The molecule has 2 aromatic rings. The van der Waals surface area contributed by atoms with Crippen LogP contribution in [-0.2, 0) is 16.0 Å². The summed E-state index contributed by atoms with van der Waals surface area (Å²) < 4.78 is 5.97. The first kappa shape index (κ1) is 15.5. The standard InChI is InChI=1S/C19H25N3O2/c1-11(2)17-18(23)22-13(10-24-19(22,3)4)8-12-9-20-14-6-5-7-15(21-17)16(12)14/h5-7,9,11,13,17,20-21H,8,10H2,1-4H3/t13-,17+/m0/s1. The number of ether oxygens (including phenoxy) is 1. The Kier molecular flexibility index (Phi) is 3.39. The lowest BCUT2D eigenvalue weighted by Gasteiger charge is -2.37. The van der Waals surface area contributed by atoms with Crippen LogP contribution in [0.3, 0.4) is 0 Å². The first-order chi connectivity index (χ1) is 11.4. The van der Waals surface area contributed by atoms with E-state index in [1.165, 1.54) is 10.9 Å². The number of benzene rings is 1. The first-order valence-electron chi connectivity index (χ1n) is 8.71. The second-order valence-electron chi connectivity index (χ2n) is 7.73. The second-order valence-corrected chi connectivity index (χ2v) is 7.73. The molecule has 3 heterocycles. The van der Waals surface area contributed by atoms with E-state index < -0.39 is 5.72 Å². The normalized spacial score (nSPS) is 26.0. The third-order valence-corrected chi connectivity index (χ3v) is 5.30. The van der Waals surface area contributed by atoms with Crippen molar-refractivity contribution in [2.24, 2.45) is 5.92 Å². The van der Waals surface area contributed by atoms with Crippen LogP contribution in [0.2, 0.25) is 0 Å². The van der Waals surface area contributed by atoms with Crippen molar-refractivity contribution in [3.8, 4) is 0 Å². The van der Waals surface area contributed by atoms with Gasteiger partial charge in [-0.15, -0.1) is 0 Å². The summed E-state index contributed by atoms with van der Waals surface area (Å²) in [5, 5.41) is 4.72. The van der Waals surface area contributed by atoms with Crippen LogP contribution in [-0.4, -0.2) is 40.2 Å². The van der Waals surface area contributed by atoms with Gasteiger partial charge in [0.25, 0.3) is 0 Å². The minimum atomic E-state index is -0.567.